The number of anilines is 1. The van der Waals surface area contributed by atoms with Gasteiger partial charge in [-0.1, -0.05) is 31.2 Å². The molecule has 1 amide bonds. The summed E-state index contributed by atoms with van der Waals surface area (Å²) in [6.07, 6.45) is 1.37. The quantitative estimate of drug-likeness (QED) is 0.943. The highest BCUT2D eigenvalue weighted by molar-refractivity contribution is 6.01. The third-order valence-corrected chi connectivity index (χ3v) is 4.00. The molecular weight excluding hydrogens is 278 g/mol. The van der Waals surface area contributed by atoms with Crippen molar-refractivity contribution in [3.63, 3.8) is 0 Å². The van der Waals surface area contributed by atoms with Crippen molar-refractivity contribution in [1.29, 1.82) is 0 Å². The molecule has 1 aliphatic heterocycles. The molecule has 0 saturated carbocycles. The van der Waals surface area contributed by atoms with E-state index in [-0.39, 0.29) is 11.5 Å². The number of fused-ring (bicyclic) bond motifs is 1. The molecule has 0 aromatic heterocycles. The second-order valence-corrected chi connectivity index (χ2v) is 5.48. The van der Waals surface area contributed by atoms with Crippen molar-refractivity contribution in [3.8, 4) is 0 Å². The molecule has 0 fully saturated rings. The summed E-state index contributed by atoms with van der Waals surface area (Å²) in [4.78, 5) is 25.0. The third-order valence-electron chi connectivity index (χ3n) is 4.00. The summed E-state index contributed by atoms with van der Waals surface area (Å²) in [6.45, 7) is 2.49. The Bertz CT molecular complexity index is 752. The van der Waals surface area contributed by atoms with Gasteiger partial charge in [0.05, 0.1) is 18.5 Å². The predicted molar refractivity (Wildman–Crippen MR) is 84.1 cm³/mol. The van der Waals surface area contributed by atoms with Gasteiger partial charge in [-0.05, 0) is 41.3 Å². The molecular formula is C18H17NO3. The molecule has 0 saturated heterocycles. The Balaban J connectivity index is 1.89. The minimum atomic E-state index is -0.956. The van der Waals surface area contributed by atoms with E-state index in [1.165, 1.54) is 5.56 Å². The molecule has 2 aromatic rings. The van der Waals surface area contributed by atoms with Crippen molar-refractivity contribution < 1.29 is 14.7 Å². The number of rotatable bonds is 4. The number of amides is 1. The Morgan fingerprint density at radius 2 is 2.00 bits per heavy atom. The Morgan fingerprint density at radius 3 is 2.73 bits per heavy atom. The van der Waals surface area contributed by atoms with E-state index in [1.54, 1.807) is 23.1 Å². The van der Waals surface area contributed by atoms with Crippen LogP contribution in [0.3, 0.4) is 0 Å². The lowest BCUT2D eigenvalue weighted by Gasteiger charge is -2.18. The van der Waals surface area contributed by atoms with Crippen LogP contribution < -0.4 is 4.90 Å². The van der Waals surface area contributed by atoms with Gasteiger partial charge in [0.1, 0.15) is 0 Å². The van der Waals surface area contributed by atoms with Gasteiger partial charge in [-0.2, -0.15) is 0 Å². The lowest BCUT2D eigenvalue weighted by atomic mass is 10.1. The van der Waals surface area contributed by atoms with Crippen molar-refractivity contribution in [2.24, 2.45) is 0 Å². The van der Waals surface area contributed by atoms with Crippen LogP contribution in [-0.4, -0.2) is 17.0 Å². The molecule has 1 heterocycles. The minimum Gasteiger partial charge on any atom is -0.478 e. The van der Waals surface area contributed by atoms with Crippen LogP contribution in [0.5, 0.6) is 0 Å². The van der Waals surface area contributed by atoms with E-state index in [9.17, 15) is 9.59 Å². The first-order valence-corrected chi connectivity index (χ1v) is 7.33. The van der Waals surface area contributed by atoms with Gasteiger partial charge >= 0.3 is 5.97 Å². The van der Waals surface area contributed by atoms with Gasteiger partial charge in [-0.3, -0.25) is 4.79 Å². The molecule has 4 heteroatoms. The second kappa shape index (κ2) is 5.64. The lowest BCUT2D eigenvalue weighted by Crippen LogP contribution is -2.26. The van der Waals surface area contributed by atoms with Crippen LogP contribution in [0.4, 0.5) is 5.69 Å². The number of carbonyl (C=O) groups is 2. The van der Waals surface area contributed by atoms with Crippen LogP contribution in [0.1, 0.15) is 34.0 Å². The fourth-order valence-corrected chi connectivity index (χ4v) is 2.82. The number of carboxylic acid groups (broad SMARTS) is 1. The first-order valence-electron chi connectivity index (χ1n) is 7.33. The molecule has 3 rings (SSSR count). The maximum absolute atomic E-state index is 12.3. The smallest absolute Gasteiger partial charge is 0.335 e. The molecule has 22 heavy (non-hydrogen) atoms. The van der Waals surface area contributed by atoms with Gasteiger partial charge in [0.15, 0.2) is 0 Å². The molecule has 0 unspecified atom stereocenters. The van der Waals surface area contributed by atoms with Gasteiger partial charge in [0, 0.05) is 5.69 Å². The number of hydrogen-bond donors (Lipinski definition) is 1. The molecule has 0 radical (unpaired) electrons. The Kier molecular flexibility index (Phi) is 3.67. The van der Waals surface area contributed by atoms with Crippen LogP contribution in [-0.2, 0) is 24.2 Å². The van der Waals surface area contributed by atoms with E-state index in [0.29, 0.717) is 13.0 Å². The Hall–Kier alpha value is -2.62. The number of benzene rings is 2. The minimum absolute atomic E-state index is 0.0592. The van der Waals surface area contributed by atoms with Crippen LogP contribution >= 0.6 is 0 Å². The van der Waals surface area contributed by atoms with Crippen molar-refractivity contribution in [2.45, 2.75) is 26.3 Å². The summed E-state index contributed by atoms with van der Waals surface area (Å²) in [7, 11) is 0. The highest BCUT2D eigenvalue weighted by atomic mass is 16.4. The highest BCUT2D eigenvalue weighted by Gasteiger charge is 2.27. The average Bonchev–Trinajstić information content (AvgIpc) is 2.82. The molecule has 0 aliphatic carbocycles. The Labute approximate surface area is 129 Å². The number of carboxylic acids is 1. The fourth-order valence-electron chi connectivity index (χ4n) is 2.82. The fraction of sp³-hybridized carbons (Fsp3) is 0.222. The summed E-state index contributed by atoms with van der Waals surface area (Å²) in [6, 6.07) is 12.8. The normalized spacial score (nSPS) is 13.3. The number of aromatic carboxylic acids is 1. The highest BCUT2D eigenvalue weighted by Crippen LogP contribution is 2.31. The third kappa shape index (κ3) is 2.60. The van der Waals surface area contributed by atoms with Crippen molar-refractivity contribution in [2.75, 3.05) is 4.90 Å². The largest absolute Gasteiger partial charge is 0.478 e. The topological polar surface area (TPSA) is 57.6 Å². The molecule has 0 atom stereocenters. The standard InChI is InChI=1S/C18H17NO3/c1-2-12-6-7-16-15(8-12)10-17(20)19(16)11-13-4-3-5-14(9-13)18(21)22/h3-9H,2,10-11H2,1H3,(H,21,22). The molecule has 2 aromatic carbocycles. The average molecular weight is 295 g/mol. The Morgan fingerprint density at radius 1 is 1.18 bits per heavy atom. The van der Waals surface area contributed by atoms with Crippen molar-refractivity contribution >= 4 is 17.6 Å². The number of aryl methyl sites for hydroxylation is 1. The van der Waals surface area contributed by atoms with Crippen LogP contribution in [0.25, 0.3) is 0 Å². The number of carbonyl (C=O) groups excluding carboxylic acids is 1. The first-order chi connectivity index (χ1) is 10.6. The molecule has 1 aliphatic rings. The van der Waals surface area contributed by atoms with E-state index < -0.39 is 5.97 Å². The zero-order valence-electron chi connectivity index (χ0n) is 12.4. The van der Waals surface area contributed by atoms with Gasteiger partial charge < -0.3 is 10.0 Å². The summed E-state index contributed by atoms with van der Waals surface area (Å²) in [5, 5.41) is 9.06. The molecule has 0 spiro atoms. The van der Waals surface area contributed by atoms with Gasteiger partial charge in [-0.25, -0.2) is 4.79 Å². The van der Waals surface area contributed by atoms with E-state index in [4.69, 9.17) is 5.11 Å². The summed E-state index contributed by atoms with van der Waals surface area (Å²) in [5.41, 5.74) is 4.27. The number of nitrogens with zero attached hydrogens (tertiary/aromatic N) is 1. The second-order valence-electron chi connectivity index (χ2n) is 5.48. The molecule has 112 valence electrons. The van der Waals surface area contributed by atoms with Crippen molar-refractivity contribution in [1.82, 2.24) is 0 Å². The van der Waals surface area contributed by atoms with E-state index >= 15 is 0 Å². The molecule has 0 bridgehead atoms. The van der Waals surface area contributed by atoms with Crippen LogP contribution in [0, 0.1) is 0 Å². The van der Waals surface area contributed by atoms with Gasteiger partial charge in [-0.15, -0.1) is 0 Å². The molecule has 1 N–H and O–H groups in total. The lowest BCUT2D eigenvalue weighted by molar-refractivity contribution is -0.117. The maximum Gasteiger partial charge on any atom is 0.335 e. The monoisotopic (exact) mass is 295 g/mol. The van der Waals surface area contributed by atoms with E-state index in [0.717, 1.165) is 23.2 Å². The SMILES string of the molecule is CCc1ccc2c(c1)CC(=O)N2Cc1cccc(C(=O)O)c1. The zero-order valence-corrected chi connectivity index (χ0v) is 12.4. The predicted octanol–water partition coefficient (Wildman–Crippen LogP) is 3.04. The summed E-state index contributed by atoms with van der Waals surface area (Å²) < 4.78 is 0. The van der Waals surface area contributed by atoms with E-state index in [2.05, 4.69) is 13.0 Å². The van der Waals surface area contributed by atoms with Crippen LogP contribution in [0.2, 0.25) is 0 Å². The summed E-state index contributed by atoms with van der Waals surface area (Å²) >= 11 is 0. The maximum atomic E-state index is 12.3. The summed E-state index contributed by atoms with van der Waals surface area (Å²) in [5.74, 6) is -0.897. The van der Waals surface area contributed by atoms with E-state index in [1.807, 2.05) is 18.2 Å². The first kappa shape index (κ1) is 14.3. The van der Waals surface area contributed by atoms with Crippen molar-refractivity contribution in [3.05, 3.63) is 64.7 Å². The number of hydrogen-bond acceptors (Lipinski definition) is 2. The molecule has 4 nitrogen and oxygen atoms in total. The van der Waals surface area contributed by atoms with Crippen LogP contribution in [0.15, 0.2) is 42.5 Å². The van der Waals surface area contributed by atoms with Gasteiger partial charge in [0.2, 0.25) is 5.91 Å². The zero-order chi connectivity index (χ0) is 15.7. The van der Waals surface area contributed by atoms with Gasteiger partial charge in [0.25, 0.3) is 0 Å².